The number of aromatic nitrogens is 1. The molecule has 2 aromatic rings. The summed E-state index contributed by atoms with van der Waals surface area (Å²) < 4.78 is 0. The molecule has 0 radical (unpaired) electrons. The van der Waals surface area contributed by atoms with E-state index in [9.17, 15) is 0 Å². The van der Waals surface area contributed by atoms with Crippen LogP contribution in [0.1, 0.15) is 36.2 Å². The highest BCUT2D eigenvalue weighted by molar-refractivity contribution is 14.0. The Kier molecular flexibility index (Phi) is 10.2. The van der Waals surface area contributed by atoms with Crippen LogP contribution in [0.25, 0.3) is 0 Å². The molecule has 2 unspecified atom stereocenters. The van der Waals surface area contributed by atoms with E-state index in [-0.39, 0.29) is 24.0 Å². The van der Waals surface area contributed by atoms with E-state index in [0.29, 0.717) is 12.0 Å². The van der Waals surface area contributed by atoms with Gasteiger partial charge in [-0.1, -0.05) is 12.1 Å². The molecule has 1 saturated heterocycles. The lowest BCUT2D eigenvalue weighted by molar-refractivity contribution is 0.128. The SMILES string of the molecule is CCNC(=NCC1CCCN(C)C1c1cccs1)NCCc1cccnc1.I. The van der Waals surface area contributed by atoms with Crippen LogP contribution in [0.5, 0.6) is 0 Å². The third-order valence-electron chi connectivity index (χ3n) is 5.10. The first-order chi connectivity index (χ1) is 13.3. The highest BCUT2D eigenvalue weighted by Crippen LogP contribution is 2.37. The quantitative estimate of drug-likeness (QED) is 0.335. The van der Waals surface area contributed by atoms with E-state index >= 15 is 0 Å². The van der Waals surface area contributed by atoms with Gasteiger partial charge in [0, 0.05) is 42.9 Å². The summed E-state index contributed by atoms with van der Waals surface area (Å²) in [7, 11) is 2.25. The zero-order valence-corrected chi connectivity index (χ0v) is 20.0. The smallest absolute Gasteiger partial charge is 0.191 e. The molecule has 0 aliphatic carbocycles. The molecule has 2 aromatic heterocycles. The second-order valence-electron chi connectivity index (χ2n) is 7.10. The van der Waals surface area contributed by atoms with Crippen LogP contribution in [0.15, 0.2) is 47.0 Å². The maximum absolute atomic E-state index is 4.92. The van der Waals surface area contributed by atoms with Gasteiger partial charge in [-0.25, -0.2) is 0 Å². The molecule has 2 N–H and O–H groups in total. The first-order valence-electron chi connectivity index (χ1n) is 9.92. The molecule has 3 rings (SSSR count). The maximum atomic E-state index is 4.92. The molecule has 2 atom stereocenters. The first kappa shape index (κ1) is 23.1. The van der Waals surface area contributed by atoms with Gasteiger partial charge in [0.25, 0.3) is 0 Å². The van der Waals surface area contributed by atoms with E-state index in [0.717, 1.165) is 32.0 Å². The Morgan fingerprint density at radius 3 is 2.93 bits per heavy atom. The topological polar surface area (TPSA) is 52.6 Å². The minimum atomic E-state index is 0. The summed E-state index contributed by atoms with van der Waals surface area (Å²) in [5, 5.41) is 9.03. The number of halogens is 1. The second kappa shape index (κ2) is 12.4. The summed E-state index contributed by atoms with van der Waals surface area (Å²) in [4.78, 5) is 13.1. The van der Waals surface area contributed by atoms with Crippen LogP contribution < -0.4 is 10.6 Å². The van der Waals surface area contributed by atoms with Crippen molar-refractivity contribution < 1.29 is 0 Å². The van der Waals surface area contributed by atoms with Crippen molar-refractivity contribution in [2.45, 2.75) is 32.2 Å². The molecular formula is C21H32IN5S. The van der Waals surface area contributed by atoms with Crippen molar-refractivity contribution in [1.82, 2.24) is 20.5 Å². The van der Waals surface area contributed by atoms with Gasteiger partial charge in [0.1, 0.15) is 0 Å². The van der Waals surface area contributed by atoms with Gasteiger partial charge in [0.2, 0.25) is 0 Å². The minimum absolute atomic E-state index is 0. The molecule has 5 nitrogen and oxygen atoms in total. The Bertz CT molecular complexity index is 692. The third kappa shape index (κ3) is 6.70. The van der Waals surface area contributed by atoms with Crippen LogP contribution in [0, 0.1) is 5.92 Å². The number of rotatable bonds is 7. The van der Waals surface area contributed by atoms with Gasteiger partial charge in [-0.05, 0) is 68.8 Å². The van der Waals surface area contributed by atoms with Gasteiger partial charge in [-0.15, -0.1) is 35.3 Å². The molecule has 3 heterocycles. The van der Waals surface area contributed by atoms with E-state index in [2.05, 4.69) is 58.1 Å². The summed E-state index contributed by atoms with van der Waals surface area (Å²) in [6, 6.07) is 9.01. The van der Waals surface area contributed by atoms with Crippen molar-refractivity contribution >= 4 is 41.3 Å². The number of hydrogen-bond acceptors (Lipinski definition) is 4. The van der Waals surface area contributed by atoms with Gasteiger partial charge >= 0.3 is 0 Å². The van der Waals surface area contributed by atoms with Gasteiger partial charge in [0.15, 0.2) is 5.96 Å². The summed E-state index contributed by atoms with van der Waals surface area (Å²) in [6.07, 6.45) is 7.18. The van der Waals surface area contributed by atoms with Gasteiger partial charge in [-0.3, -0.25) is 14.9 Å². The summed E-state index contributed by atoms with van der Waals surface area (Å²) >= 11 is 1.87. The molecule has 0 aromatic carbocycles. The van der Waals surface area contributed by atoms with Crippen molar-refractivity contribution in [3.05, 3.63) is 52.5 Å². The molecule has 0 spiro atoms. The molecule has 1 fully saturated rings. The predicted octanol–water partition coefficient (Wildman–Crippen LogP) is 3.94. The zero-order chi connectivity index (χ0) is 18.9. The van der Waals surface area contributed by atoms with E-state index < -0.39 is 0 Å². The van der Waals surface area contributed by atoms with Crippen LogP contribution in [-0.2, 0) is 6.42 Å². The van der Waals surface area contributed by atoms with Crippen molar-refractivity contribution in [2.75, 3.05) is 33.2 Å². The van der Waals surface area contributed by atoms with Crippen LogP contribution >= 0.6 is 35.3 Å². The number of guanidine groups is 1. The lowest BCUT2D eigenvalue weighted by Crippen LogP contribution is -2.40. The summed E-state index contributed by atoms with van der Waals surface area (Å²) in [5.41, 5.74) is 1.24. The third-order valence-corrected chi connectivity index (χ3v) is 6.04. The molecule has 154 valence electrons. The normalized spacial score (nSPS) is 20.4. The van der Waals surface area contributed by atoms with Gasteiger partial charge in [-0.2, -0.15) is 0 Å². The molecule has 7 heteroatoms. The number of nitrogens with one attached hydrogen (secondary N) is 2. The highest BCUT2D eigenvalue weighted by atomic mass is 127. The average molecular weight is 513 g/mol. The molecule has 0 amide bonds. The lowest BCUT2D eigenvalue weighted by Gasteiger charge is -2.38. The van der Waals surface area contributed by atoms with Crippen molar-refractivity contribution in [3.63, 3.8) is 0 Å². The standard InChI is InChI=1S/C21H31N5S.HI/c1-3-23-21(24-12-10-17-7-4-11-22-15-17)25-16-18-8-5-13-26(2)20(18)19-9-6-14-27-19;/h4,6-7,9,11,14-15,18,20H,3,5,8,10,12-13,16H2,1-2H3,(H2,23,24,25);1H. The fourth-order valence-electron chi connectivity index (χ4n) is 3.78. The molecule has 0 saturated carbocycles. The van der Waals surface area contributed by atoms with Crippen LogP contribution in [0.2, 0.25) is 0 Å². The molecule has 0 bridgehead atoms. The average Bonchev–Trinajstić information content (AvgIpc) is 3.21. The number of aliphatic imine (C=N–C) groups is 1. The van der Waals surface area contributed by atoms with E-state index in [1.165, 1.54) is 29.8 Å². The predicted molar refractivity (Wildman–Crippen MR) is 130 cm³/mol. The molecule has 28 heavy (non-hydrogen) atoms. The first-order valence-corrected chi connectivity index (χ1v) is 10.8. The zero-order valence-electron chi connectivity index (χ0n) is 16.8. The Morgan fingerprint density at radius 1 is 1.32 bits per heavy atom. The number of nitrogens with zero attached hydrogens (tertiary/aromatic N) is 3. The van der Waals surface area contributed by atoms with Crippen LogP contribution in [0.4, 0.5) is 0 Å². The number of hydrogen-bond donors (Lipinski definition) is 2. The Labute approximate surface area is 190 Å². The number of pyridine rings is 1. The summed E-state index contributed by atoms with van der Waals surface area (Å²) in [6.45, 7) is 5.87. The van der Waals surface area contributed by atoms with Crippen molar-refractivity contribution in [3.8, 4) is 0 Å². The molecule has 1 aliphatic heterocycles. The fraction of sp³-hybridized carbons (Fsp3) is 0.524. The van der Waals surface area contributed by atoms with Crippen molar-refractivity contribution in [1.29, 1.82) is 0 Å². The Balaban J connectivity index is 0.00000280. The second-order valence-corrected chi connectivity index (χ2v) is 8.08. The minimum Gasteiger partial charge on any atom is -0.357 e. The molecular weight excluding hydrogens is 481 g/mol. The van der Waals surface area contributed by atoms with Crippen molar-refractivity contribution in [2.24, 2.45) is 10.9 Å². The maximum Gasteiger partial charge on any atom is 0.191 e. The Morgan fingerprint density at radius 2 is 2.21 bits per heavy atom. The van der Waals surface area contributed by atoms with E-state index in [1.54, 1.807) is 0 Å². The number of piperidine rings is 1. The van der Waals surface area contributed by atoms with Gasteiger partial charge in [0.05, 0.1) is 0 Å². The van der Waals surface area contributed by atoms with E-state index in [4.69, 9.17) is 4.99 Å². The lowest BCUT2D eigenvalue weighted by atomic mass is 9.88. The van der Waals surface area contributed by atoms with Gasteiger partial charge < -0.3 is 10.6 Å². The number of likely N-dealkylation sites (tertiary alicyclic amines) is 1. The van der Waals surface area contributed by atoms with Crippen LogP contribution in [0.3, 0.4) is 0 Å². The monoisotopic (exact) mass is 513 g/mol. The highest BCUT2D eigenvalue weighted by Gasteiger charge is 2.31. The fourth-order valence-corrected chi connectivity index (χ4v) is 4.76. The largest absolute Gasteiger partial charge is 0.357 e. The van der Waals surface area contributed by atoms with Crippen LogP contribution in [-0.4, -0.2) is 49.1 Å². The number of thiophene rings is 1. The molecule has 1 aliphatic rings. The Hall–Kier alpha value is -1.19. The summed E-state index contributed by atoms with van der Waals surface area (Å²) in [5.74, 6) is 1.48. The van der Waals surface area contributed by atoms with E-state index in [1.807, 2.05) is 29.8 Å².